The molecular formula is C22H29N7O2. The molecule has 0 atom stereocenters. The molecule has 1 saturated heterocycles. The molecule has 31 heavy (non-hydrogen) atoms. The molecule has 2 aromatic rings. The number of carbonyl (C=O) groups excluding carboxylic acids is 2. The Kier molecular flexibility index (Phi) is 6.20. The number of aryl methyl sites for hydroxylation is 1. The van der Waals surface area contributed by atoms with Crippen LogP contribution in [0.3, 0.4) is 0 Å². The summed E-state index contributed by atoms with van der Waals surface area (Å²) >= 11 is 0. The lowest BCUT2D eigenvalue weighted by atomic mass is 10.00. The third-order valence-corrected chi connectivity index (χ3v) is 5.71. The Labute approximate surface area is 182 Å². The third kappa shape index (κ3) is 4.70. The Morgan fingerprint density at radius 2 is 1.94 bits per heavy atom. The van der Waals surface area contributed by atoms with E-state index in [9.17, 15) is 9.59 Å². The van der Waals surface area contributed by atoms with Crippen molar-refractivity contribution in [3.8, 4) is 0 Å². The number of carbonyl (C=O) groups is 2. The van der Waals surface area contributed by atoms with E-state index in [0.29, 0.717) is 38.7 Å². The van der Waals surface area contributed by atoms with Crippen LogP contribution in [0.25, 0.3) is 0 Å². The van der Waals surface area contributed by atoms with Gasteiger partial charge in [0.25, 0.3) is 0 Å². The largest absolute Gasteiger partial charge is 0.356 e. The minimum Gasteiger partial charge on any atom is -0.356 e. The number of aromatic nitrogens is 2. The van der Waals surface area contributed by atoms with Gasteiger partial charge in [0.15, 0.2) is 5.96 Å². The van der Waals surface area contributed by atoms with E-state index in [-0.39, 0.29) is 24.9 Å². The number of nitrogens with zero attached hydrogens (tertiary/aromatic N) is 6. The predicted octanol–water partition coefficient (Wildman–Crippen LogP) is 0.619. The Hall–Kier alpha value is -3.36. The van der Waals surface area contributed by atoms with Crippen molar-refractivity contribution in [1.29, 1.82) is 0 Å². The Bertz CT molecular complexity index is 984. The Balaban J connectivity index is 1.38. The van der Waals surface area contributed by atoms with Crippen molar-refractivity contribution < 1.29 is 9.59 Å². The van der Waals surface area contributed by atoms with Gasteiger partial charge in [-0.1, -0.05) is 24.3 Å². The van der Waals surface area contributed by atoms with Gasteiger partial charge in [0.2, 0.25) is 11.8 Å². The summed E-state index contributed by atoms with van der Waals surface area (Å²) in [6.07, 6.45) is 4.40. The number of piperazine rings is 1. The molecule has 9 heteroatoms. The summed E-state index contributed by atoms with van der Waals surface area (Å²) in [5.74, 6) is 0.599. The van der Waals surface area contributed by atoms with Crippen LogP contribution in [0, 0.1) is 0 Å². The molecule has 164 valence electrons. The maximum atomic E-state index is 12.8. The molecular weight excluding hydrogens is 394 g/mol. The molecule has 2 aliphatic rings. The predicted molar refractivity (Wildman–Crippen MR) is 119 cm³/mol. The topological polar surface area (TPSA) is 86.1 Å². The number of amides is 2. The zero-order valence-electron chi connectivity index (χ0n) is 18.1. The average molecular weight is 424 g/mol. The lowest BCUT2D eigenvalue weighted by Crippen LogP contribution is -2.55. The highest BCUT2D eigenvalue weighted by Crippen LogP contribution is 2.19. The van der Waals surface area contributed by atoms with Gasteiger partial charge in [0.05, 0.1) is 11.9 Å². The van der Waals surface area contributed by atoms with Crippen molar-refractivity contribution in [1.82, 2.24) is 24.9 Å². The molecule has 9 nitrogen and oxygen atoms in total. The summed E-state index contributed by atoms with van der Waals surface area (Å²) in [6, 6.07) is 8.26. The van der Waals surface area contributed by atoms with Gasteiger partial charge in [-0.2, -0.15) is 5.10 Å². The molecule has 0 radical (unpaired) electrons. The van der Waals surface area contributed by atoms with Crippen molar-refractivity contribution >= 4 is 23.5 Å². The summed E-state index contributed by atoms with van der Waals surface area (Å²) in [5.41, 5.74) is 3.32. The highest BCUT2D eigenvalue weighted by atomic mass is 16.2. The van der Waals surface area contributed by atoms with E-state index in [4.69, 9.17) is 0 Å². The minimum atomic E-state index is -0.0104. The summed E-state index contributed by atoms with van der Waals surface area (Å²) in [5, 5.41) is 7.37. The number of anilines is 1. The first-order valence-electron chi connectivity index (χ1n) is 10.7. The normalized spacial score (nSPS) is 17.0. The summed E-state index contributed by atoms with van der Waals surface area (Å²) in [6.45, 7) is 5.46. The highest BCUT2D eigenvalue weighted by molar-refractivity contribution is 5.98. The smallest absolute Gasteiger partial charge is 0.246 e. The van der Waals surface area contributed by atoms with E-state index in [0.717, 1.165) is 12.1 Å². The van der Waals surface area contributed by atoms with Crippen LogP contribution in [0.1, 0.15) is 18.1 Å². The lowest BCUT2D eigenvalue weighted by Gasteiger charge is -2.35. The van der Waals surface area contributed by atoms with Gasteiger partial charge in [0, 0.05) is 46.0 Å². The standard InChI is InChI=1S/C22H29N7O2/c1-3-23-22(28-10-11-29(21(31)16-28)19-12-25-26(2)15-19)24-13-20(30)27-9-8-17-6-4-5-7-18(17)14-27/h4-7,12,15H,3,8-11,13-14,16H2,1-2H3,(H,23,24). The zero-order chi connectivity index (χ0) is 21.8. The van der Waals surface area contributed by atoms with Gasteiger partial charge in [-0.05, 0) is 24.5 Å². The third-order valence-electron chi connectivity index (χ3n) is 5.71. The molecule has 2 amide bonds. The molecule has 0 unspecified atom stereocenters. The second-order valence-corrected chi connectivity index (χ2v) is 7.84. The van der Waals surface area contributed by atoms with Gasteiger partial charge in [-0.3, -0.25) is 14.3 Å². The number of fused-ring (bicyclic) bond motifs is 1. The Morgan fingerprint density at radius 1 is 1.13 bits per heavy atom. The van der Waals surface area contributed by atoms with Crippen molar-refractivity contribution in [2.45, 2.75) is 19.9 Å². The van der Waals surface area contributed by atoms with Gasteiger partial charge in [-0.25, -0.2) is 4.99 Å². The maximum absolute atomic E-state index is 12.8. The summed E-state index contributed by atoms with van der Waals surface area (Å²) < 4.78 is 1.69. The van der Waals surface area contributed by atoms with Crippen LogP contribution in [0.2, 0.25) is 0 Å². The van der Waals surface area contributed by atoms with E-state index >= 15 is 0 Å². The monoisotopic (exact) mass is 423 g/mol. The fourth-order valence-corrected chi connectivity index (χ4v) is 4.05. The highest BCUT2D eigenvalue weighted by Gasteiger charge is 2.28. The SMILES string of the molecule is CCNC(=NCC(=O)N1CCc2ccccc2C1)N1CCN(c2cnn(C)c2)C(=O)C1. The number of hydrogen-bond donors (Lipinski definition) is 1. The van der Waals surface area contributed by atoms with Gasteiger partial charge < -0.3 is 20.0 Å². The number of benzene rings is 1. The van der Waals surface area contributed by atoms with Crippen molar-refractivity contribution in [3.63, 3.8) is 0 Å². The fourth-order valence-electron chi connectivity index (χ4n) is 4.05. The first-order valence-corrected chi connectivity index (χ1v) is 10.7. The van der Waals surface area contributed by atoms with Crippen LogP contribution in [-0.2, 0) is 29.6 Å². The molecule has 4 rings (SSSR count). The van der Waals surface area contributed by atoms with Gasteiger partial charge in [0.1, 0.15) is 13.1 Å². The second-order valence-electron chi connectivity index (χ2n) is 7.84. The van der Waals surface area contributed by atoms with Crippen molar-refractivity contribution in [3.05, 3.63) is 47.8 Å². The van der Waals surface area contributed by atoms with Crippen molar-refractivity contribution in [2.75, 3.05) is 44.2 Å². The van der Waals surface area contributed by atoms with E-state index in [1.54, 1.807) is 15.8 Å². The lowest BCUT2D eigenvalue weighted by molar-refractivity contribution is -0.130. The number of hydrogen-bond acceptors (Lipinski definition) is 4. The van der Waals surface area contributed by atoms with Crippen LogP contribution in [0.4, 0.5) is 5.69 Å². The number of nitrogens with one attached hydrogen (secondary N) is 1. The average Bonchev–Trinajstić information content (AvgIpc) is 3.21. The summed E-state index contributed by atoms with van der Waals surface area (Å²) in [4.78, 5) is 35.6. The van der Waals surface area contributed by atoms with E-state index in [1.165, 1.54) is 11.1 Å². The molecule has 1 aromatic carbocycles. The van der Waals surface area contributed by atoms with Crippen LogP contribution in [0.5, 0.6) is 0 Å². The zero-order valence-corrected chi connectivity index (χ0v) is 18.1. The minimum absolute atomic E-state index is 0.00484. The van der Waals surface area contributed by atoms with E-state index < -0.39 is 0 Å². The first kappa shape index (κ1) is 20.9. The van der Waals surface area contributed by atoms with E-state index in [1.807, 2.05) is 42.1 Å². The number of aliphatic imine (C=N–C) groups is 1. The molecule has 1 fully saturated rings. The number of guanidine groups is 1. The Morgan fingerprint density at radius 3 is 2.65 bits per heavy atom. The fraction of sp³-hybridized carbons (Fsp3) is 0.455. The van der Waals surface area contributed by atoms with E-state index in [2.05, 4.69) is 27.5 Å². The second kappa shape index (κ2) is 9.20. The van der Waals surface area contributed by atoms with Crippen LogP contribution < -0.4 is 10.2 Å². The van der Waals surface area contributed by atoms with Gasteiger partial charge >= 0.3 is 0 Å². The molecule has 1 N–H and O–H groups in total. The van der Waals surface area contributed by atoms with Crippen LogP contribution >= 0.6 is 0 Å². The maximum Gasteiger partial charge on any atom is 0.246 e. The molecule has 0 bridgehead atoms. The first-order chi connectivity index (χ1) is 15.0. The molecule has 2 aliphatic heterocycles. The quantitative estimate of drug-likeness (QED) is 0.576. The molecule has 0 saturated carbocycles. The molecule has 3 heterocycles. The van der Waals surface area contributed by atoms with Gasteiger partial charge in [-0.15, -0.1) is 0 Å². The summed E-state index contributed by atoms with van der Waals surface area (Å²) in [7, 11) is 1.83. The molecule has 0 aliphatic carbocycles. The van der Waals surface area contributed by atoms with Crippen molar-refractivity contribution in [2.24, 2.45) is 12.0 Å². The van der Waals surface area contributed by atoms with Crippen LogP contribution in [-0.4, -0.2) is 76.6 Å². The molecule has 1 aromatic heterocycles. The van der Waals surface area contributed by atoms with Crippen LogP contribution in [0.15, 0.2) is 41.7 Å². The number of rotatable bonds is 4. The molecule has 0 spiro atoms.